The minimum Gasteiger partial charge on any atom is -0.309 e. The maximum Gasteiger partial charge on any atom is 0.0541 e. The highest BCUT2D eigenvalue weighted by Gasteiger charge is 2.36. The molecule has 0 amide bonds. The number of aromatic nitrogens is 1. The average molecular weight is 670 g/mol. The number of hydrogen-bond donors (Lipinski definition) is 0. The van der Waals surface area contributed by atoms with Gasteiger partial charge in [0, 0.05) is 21.9 Å². The van der Waals surface area contributed by atoms with Gasteiger partial charge in [-0.3, -0.25) is 0 Å². The van der Waals surface area contributed by atoms with Crippen molar-refractivity contribution < 1.29 is 0 Å². The summed E-state index contributed by atoms with van der Waals surface area (Å²) in [7, 11) is -0.802. The van der Waals surface area contributed by atoms with Crippen molar-refractivity contribution in [2.75, 3.05) is 0 Å². The molecule has 0 aliphatic heterocycles. The zero-order valence-electron chi connectivity index (χ0n) is 28.7. The molecule has 0 saturated heterocycles. The molecule has 0 radical (unpaired) electrons. The molecular formula is C49H36NP. The van der Waals surface area contributed by atoms with E-state index in [0.29, 0.717) is 0 Å². The van der Waals surface area contributed by atoms with Gasteiger partial charge in [-0.05, 0) is 110 Å². The predicted molar refractivity (Wildman–Crippen MR) is 220 cm³/mol. The average Bonchev–Trinajstić information content (AvgIpc) is 3.63. The molecule has 0 bridgehead atoms. The van der Waals surface area contributed by atoms with Crippen molar-refractivity contribution in [3.63, 3.8) is 0 Å². The molecule has 0 N–H and O–H groups in total. The number of benzene rings is 8. The second-order valence-corrected chi connectivity index (χ2v) is 16.5. The van der Waals surface area contributed by atoms with E-state index in [4.69, 9.17) is 0 Å². The van der Waals surface area contributed by atoms with E-state index in [0.717, 1.165) is 0 Å². The third kappa shape index (κ3) is 4.80. The van der Waals surface area contributed by atoms with E-state index in [2.05, 4.69) is 200 Å². The molecule has 8 aromatic carbocycles. The lowest BCUT2D eigenvalue weighted by molar-refractivity contribution is 0.661. The smallest absolute Gasteiger partial charge is 0.0541 e. The Hall–Kier alpha value is -5.75. The number of rotatable bonds is 5. The first-order chi connectivity index (χ1) is 25.0. The van der Waals surface area contributed by atoms with Crippen LogP contribution in [0.5, 0.6) is 0 Å². The lowest BCUT2D eigenvalue weighted by Crippen LogP contribution is -2.23. The quantitative estimate of drug-likeness (QED) is 0.161. The van der Waals surface area contributed by atoms with E-state index in [9.17, 15) is 0 Å². The Labute approximate surface area is 300 Å². The number of para-hydroxylation sites is 2. The van der Waals surface area contributed by atoms with E-state index >= 15 is 0 Å². The summed E-state index contributed by atoms with van der Waals surface area (Å²) in [4.78, 5) is 0. The summed E-state index contributed by atoms with van der Waals surface area (Å²) in [5.41, 5.74) is 11.6. The van der Waals surface area contributed by atoms with Gasteiger partial charge in [-0.15, -0.1) is 0 Å². The Morgan fingerprint density at radius 2 is 1.04 bits per heavy atom. The van der Waals surface area contributed by atoms with Gasteiger partial charge in [0.05, 0.1) is 11.0 Å². The molecule has 1 atom stereocenters. The highest BCUT2D eigenvalue weighted by atomic mass is 31.1. The normalized spacial score (nSPS) is 13.8. The van der Waals surface area contributed by atoms with Gasteiger partial charge in [0.25, 0.3) is 0 Å². The first-order valence-corrected chi connectivity index (χ1v) is 19.1. The standard InChI is InChI=1S/C49H36NP/c1-49(2)45-18-10-8-16-41(45)42-28-27-40(32-46(42)49)51(39-26-22-33-12-6-7-13-35(33)30-39)38-24-20-34(21-25-38)36-23-29-48-44(31-36)43-17-9-11-19-47(43)50(48)37-14-4-3-5-15-37/h3-32H,1-2H3. The molecule has 10 rings (SSSR count). The molecule has 1 heterocycles. The third-order valence-corrected chi connectivity index (χ3v) is 13.4. The fourth-order valence-corrected chi connectivity index (χ4v) is 10.7. The lowest BCUT2D eigenvalue weighted by atomic mass is 9.82. The Bertz CT molecular complexity index is 2770. The third-order valence-electron chi connectivity index (χ3n) is 11.0. The summed E-state index contributed by atoms with van der Waals surface area (Å²) in [6.07, 6.45) is 0. The van der Waals surface area contributed by atoms with Gasteiger partial charge in [-0.25, -0.2) is 0 Å². The van der Waals surface area contributed by atoms with Gasteiger partial charge in [0.2, 0.25) is 0 Å². The summed E-state index contributed by atoms with van der Waals surface area (Å²) < 4.78 is 2.38. The molecule has 0 spiro atoms. The van der Waals surface area contributed by atoms with Crippen LogP contribution in [-0.2, 0) is 5.41 Å². The minimum absolute atomic E-state index is 0.0432. The first kappa shape index (κ1) is 30.1. The number of nitrogens with zero attached hydrogens (tertiary/aromatic N) is 1. The Kier molecular flexibility index (Phi) is 6.88. The van der Waals surface area contributed by atoms with Crippen molar-refractivity contribution in [1.82, 2.24) is 4.57 Å². The van der Waals surface area contributed by atoms with Crippen LogP contribution in [0.3, 0.4) is 0 Å². The molecule has 2 heteroatoms. The van der Waals surface area contributed by atoms with E-state index in [1.165, 1.54) is 87.6 Å². The monoisotopic (exact) mass is 669 g/mol. The van der Waals surface area contributed by atoms with Crippen LogP contribution in [0.2, 0.25) is 0 Å². The van der Waals surface area contributed by atoms with Crippen LogP contribution in [0.15, 0.2) is 182 Å². The van der Waals surface area contributed by atoms with Crippen LogP contribution in [-0.4, -0.2) is 4.57 Å². The summed E-state index contributed by atoms with van der Waals surface area (Å²) in [5, 5.41) is 9.24. The summed E-state index contributed by atoms with van der Waals surface area (Å²) >= 11 is 0. The van der Waals surface area contributed by atoms with E-state index in [1.54, 1.807) is 0 Å². The molecular weight excluding hydrogens is 634 g/mol. The molecule has 0 fully saturated rings. The maximum absolute atomic E-state index is 2.51. The topological polar surface area (TPSA) is 4.93 Å². The molecule has 0 saturated carbocycles. The van der Waals surface area contributed by atoms with Crippen LogP contribution >= 0.6 is 7.92 Å². The molecule has 242 valence electrons. The summed E-state index contributed by atoms with van der Waals surface area (Å²) in [5.74, 6) is 0. The Morgan fingerprint density at radius 3 is 1.90 bits per heavy atom. The zero-order valence-corrected chi connectivity index (χ0v) is 29.6. The first-order valence-electron chi connectivity index (χ1n) is 17.8. The fraction of sp³-hybridized carbons (Fsp3) is 0.0612. The zero-order chi connectivity index (χ0) is 34.1. The van der Waals surface area contributed by atoms with Gasteiger partial charge in [-0.1, -0.05) is 153 Å². The van der Waals surface area contributed by atoms with Crippen LogP contribution in [0, 0.1) is 0 Å². The highest BCUT2D eigenvalue weighted by Crippen LogP contribution is 2.49. The summed E-state index contributed by atoms with van der Waals surface area (Å²) in [6, 6.07) is 67.8. The van der Waals surface area contributed by atoms with Gasteiger partial charge in [0.1, 0.15) is 0 Å². The molecule has 1 aromatic heterocycles. The number of hydrogen-bond acceptors (Lipinski definition) is 0. The van der Waals surface area contributed by atoms with Crippen LogP contribution in [0.4, 0.5) is 0 Å². The van der Waals surface area contributed by atoms with Crippen LogP contribution in [0.25, 0.3) is 60.5 Å². The lowest BCUT2D eigenvalue weighted by Gasteiger charge is -2.25. The second-order valence-electron chi connectivity index (χ2n) is 14.2. The Balaban J connectivity index is 1.09. The molecule has 1 aliphatic carbocycles. The van der Waals surface area contributed by atoms with Crippen molar-refractivity contribution in [3.8, 4) is 27.9 Å². The van der Waals surface area contributed by atoms with E-state index in [1.807, 2.05) is 0 Å². The fourth-order valence-electron chi connectivity index (χ4n) is 8.41. The SMILES string of the molecule is CC1(C)c2ccccc2-c2ccc(P(c3ccc(-c4ccc5c(c4)c4ccccc4n5-c4ccccc4)cc3)c3ccc4ccccc4c3)cc21. The van der Waals surface area contributed by atoms with Gasteiger partial charge in [0.15, 0.2) is 0 Å². The molecule has 1 unspecified atom stereocenters. The van der Waals surface area contributed by atoms with Gasteiger partial charge in [-0.2, -0.15) is 0 Å². The maximum atomic E-state index is 2.51. The molecule has 9 aromatic rings. The largest absolute Gasteiger partial charge is 0.309 e. The minimum atomic E-state index is -0.802. The van der Waals surface area contributed by atoms with Crippen molar-refractivity contribution in [3.05, 3.63) is 193 Å². The van der Waals surface area contributed by atoms with Gasteiger partial charge >= 0.3 is 0 Å². The van der Waals surface area contributed by atoms with Crippen molar-refractivity contribution >= 4 is 56.4 Å². The molecule has 1 aliphatic rings. The van der Waals surface area contributed by atoms with Crippen LogP contribution in [0.1, 0.15) is 25.0 Å². The van der Waals surface area contributed by atoms with Gasteiger partial charge < -0.3 is 4.57 Å². The van der Waals surface area contributed by atoms with Crippen LogP contribution < -0.4 is 15.9 Å². The molecule has 51 heavy (non-hydrogen) atoms. The van der Waals surface area contributed by atoms with E-state index in [-0.39, 0.29) is 5.41 Å². The summed E-state index contributed by atoms with van der Waals surface area (Å²) in [6.45, 7) is 4.76. The Morgan fingerprint density at radius 1 is 0.412 bits per heavy atom. The van der Waals surface area contributed by atoms with Crippen molar-refractivity contribution in [2.24, 2.45) is 0 Å². The van der Waals surface area contributed by atoms with E-state index < -0.39 is 7.92 Å². The predicted octanol–water partition coefficient (Wildman–Crippen LogP) is 11.7. The van der Waals surface area contributed by atoms with Crippen molar-refractivity contribution in [1.29, 1.82) is 0 Å². The molecule has 1 nitrogen and oxygen atoms in total. The second kappa shape index (κ2) is 11.7. The highest BCUT2D eigenvalue weighted by molar-refractivity contribution is 7.79. The number of fused-ring (bicyclic) bond motifs is 7. The van der Waals surface area contributed by atoms with Crippen molar-refractivity contribution in [2.45, 2.75) is 19.3 Å².